The summed E-state index contributed by atoms with van der Waals surface area (Å²) < 4.78 is 11.0. The van der Waals surface area contributed by atoms with E-state index in [1.165, 1.54) is 0 Å². The van der Waals surface area contributed by atoms with Gasteiger partial charge in [-0.25, -0.2) is 0 Å². The number of aromatic nitrogens is 1. The molecule has 2 aliphatic rings. The van der Waals surface area contributed by atoms with Gasteiger partial charge in [-0.1, -0.05) is 12.1 Å². The zero-order chi connectivity index (χ0) is 21.3. The van der Waals surface area contributed by atoms with Crippen molar-refractivity contribution in [2.24, 2.45) is 0 Å². The number of rotatable bonds is 6. The zero-order valence-electron chi connectivity index (χ0n) is 17.6. The molecule has 7 nitrogen and oxygen atoms in total. The van der Waals surface area contributed by atoms with Crippen LogP contribution in [0.3, 0.4) is 0 Å². The summed E-state index contributed by atoms with van der Waals surface area (Å²) in [6.07, 6.45) is 2.94. The van der Waals surface area contributed by atoms with Gasteiger partial charge in [-0.15, -0.1) is 0 Å². The number of hydrogen-bond acceptors (Lipinski definition) is 5. The van der Waals surface area contributed by atoms with Crippen molar-refractivity contribution in [3.63, 3.8) is 0 Å². The van der Waals surface area contributed by atoms with Crippen molar-refractivity contribution in [1.82, 2.24) is 15.2 Å². The first-order chi connectivity index (χ1) is 14.5. The minimum Gasteiger partial charge on any atom is -0.497 e. The quantitative estimate of drug-likeness (QED) is 0.793. The van der Waals surface area contributed by atoms with Crippen molar-refractivity contribution in [1.29, 1.82) is 0 Å². The van der Waals surface area contributed by atoms with Crippen LogP contribution in [0.4, 0.5) is 0 Å². The number of carbonyl (C=O) groups excluding carboxylic acids is 2. The Morgan fingerprint density at radius 1 is 1.27 bits per heavy atom. The van der Waals surface area contributed by atoms with Crippen molar-refractivity contribution in [2.45, 2.75) is 51.4 Å². The van der Waals surface area contributed by atoms with Crippen LogP contribution in [0.5, 0.6) is 5.75 Å². The Kier molecular flexibility index (Phi) is 5.72. The van der Waals surface area contributed by atoms with E-state index >= 15 is 0 Å². The van der Waals surface area contributed by atoms with Crippen LogP contribution in [0.25, 0.3) is 0 Å². The lowest BCUT2D eigenvalue weighted by atomic mass is 9.96. The molecule has 1 saturated heterocycles. The summed E-state index contributed by atoms with van der Waals surface area (Å²) in [5.74, 6) is 0.429. The molecule has 1 N–H and O–H groups in total. The third-order valence-corrected chi connectivity index (χ3v) is 5.73. The van der Waals surface area contributed by atoms with Crippen molar-refractivity contribution in [3.8, 4) is 5.75 Å². The normalized spacial score (nSPS) is 21.4. The average Bonchev–Trinajstić information content (AvgIpc) is 3.58. The molecule has 1 saturated carbocycles. The van der Waals surface area contributed by atoms with Crippen LogP contribution in [-0.2, 0) is 20.9 Å². The molecular formula is C23H27N3O4. The number of pyridine rings is 1. The fourth-order valence-electron chi connectivity index (χ4n) is 3.96. The predicted molar refractivity (Wildman–Crippen MR) is 111 cm³/mol. The Balaban J connectivity index is 1.56. The van der Waals surface area contributed by atoms with E-state index in [-0.39, 0.29) is 24.5 Å². The summed E-state index contributed by atoms with van der Waals surface area (Å²) in [7, 11) is 1.61. The number of hydrogen-bond donors (Lipinski definition) is 1. The number of carbonyl (C=O) groups is 2. The second kappa shape index (κ2) is 8.44. The van der Waals surface area contributed by atoms with Gasteiger partial charge in [0.05, 0.1) is 13.2 Å². The maximum Gasteiger partial charge on any atom is 0.251 e. The topological polar surface area (TPSA) is 80.8 Å². The van der Waals surface area contributed by atoms with E-state index in [2.05, 4.69) is 10.3 Å². The Bertz CT molecular complexity index is 940. The highest BCUT2D eigenvalue weighted by Gasteiger charge is 2.47. The van der Waals surface area contributed by atoms with E-state index in [0.29, 0.717) is 6.54 Å². The second-order valence-corrected chi connectivity index (χ2v) is 7.95. The average molecular weight is 409 g/mol. The SMILES string of the molecule is COc1ccc([C@@H]2[C@@H](C(=O)NCc3cnc(C)cc3C)OCC(=O)N2C2CC2)cc1. The van der Waals surface area contributed by atoms with Gasteiger partial charge in [0.15, 0.2) is 6.10 Å². The highest BCUT2D eigenvalue weighted by atomic mass is 16.5. The van der Waals surface area contributed by atoms with Gasteiger partial charge >= 0.3 is 0 Å². The first kappa shape index (κ1) is 20.3. The van der Waals surface area contributed by atoms with Gasteiger partial charge in [0.2, 0.25) is 5.91 Å². The van der Waals surface area contributed by atoms with Crippen molar-refractivity contribution >= 4 is 11.8 Å². The third-order valence-electron chi connectivity index (χ3n) is 5.73. The lowest BCUT2D eigenvalue weighted by Gasteiger charge is -2.40. The van der Waals surface area contributed by atoms with Crippen LogP contribution in [0, 0.1) is 13.8 Å². The monoisotopic (exact) mass is 409 g/mol. The van der Waals surface area contributed by atoms with Gasteiger partial charge in [-0.05, 0) is 61.6 Å². The Hall–Kier alpha value is -2.93. The third kappa shape index (κ3) is 4.16. The van der Waals surface area contributed by atoms with Crippen molar-refractivity contribution < 1.29 is 19.1 Å². The molecule has 0 radical (unpaired) electrons. The van der Waals surface area contributed by atoms with Crippen molar-refractivity contribution in [2.75, 3.05) is 13.7 Å². The van der Waals surface area contributed by atoms with E-state index in [4.69, 9.17) is 9.47 Å². The number of methoxy groups -OCH3 is 1. The molecule has 0 bridgehead atoms. The number of nitrogens with zero attached hydrogens (tertiary/aromatic N) is 2. The standard InChI is InChI=1S/C23H27N3O4/c1-14-10-15(2)24-11-17(14)12-25-23(28)22-21(16-4-8-19(29-3)9-5-16)26(18-6-7-18)20(27)13-30-22/h4-5,8-11,18,21-22H,6-7,12-13H2,1-3H3,(H,25,28)/t21-,22+/m1/s1. The maximum absolute atomic E-state index is 13.1. The molecule has 2 fully saturated rings. The predicted octanol–water partition coefficient (Wildman–Crippen LogP) is 2.45. The lowest BCUT2D eigenvalue weighted by molar-refractivity contribution is -0.165. The summed E-state index contributed by atoms with van der Waals surface area (Å²) in [4.78, 5) is 31.9. The minimum absolute atomic E-state index is 0.0686. The number of aryl methyl sites for hydroxylation is 2. The number of nitrogens with one attached hydrogen (secondary N) is 1. The fraction of sp³-hybridized carbons (Fsp3) is 0.435. The van der Waals surface area contributed by atoms with Crippen LogP contribution in [0.15, 0.2) is 36.5 Å². The molecule has 2 amide bonds. The van der Waals surface area contributed by atoms with Gasteiger partial charge < -0.3 is 19.7 Å². The Morgan fingerprint density at radius 3 is 2.63 bits per heavy atom. The molecule has 1 aliphatic carbocycles. The number of benzene rings is 1. The molecule has 30 heavy (non-hydrogen) atoms. The summed E-state index contributed by atoms with van der Waals surface area (Å²) in [5.41, 5.74) is 3.84. The first-order valence-electron chi connectivity index (χ1n) is 10.2. The fourth-order valence-corrected chi connectivity index (χ4v) is 3.96. The molecule has 7 heteroatoms. The Morgan fingerprint density at radius 2 is 2.00 bits per heavy atom. The highest BCUT2D eigenvalue weighted by Crippen LogP contribution is 2.39. The smallest absolute Gasteiger partial charge is 0.251 e. The van der Waals surface area contributed by atoms with Crippen LogP contribution in [-0.4, -0.2) is 47.6 Å². The first-order valence-corrected chi connectivity index (χ1v) is 10.2. The summed E-state index contributed by atoms with van der Waals surface area (Å²) >= 11 is 0. The molecule has 4 rings (SSSR count). The molecule has 2 heterocycles. The van der Waals surface area contributed by atoms with E-state index in [9.17, 15) is 9.59 Å². The van der Waals surface area contributed by atoms with Crippen LogP contribution < -0.4 is 10.1 Å². The second-order valence-electron chi connectivity index (χ2n) is 7.95. The minimum atomic E-state index is -0.768. The number of morpholine rings is 1. The van der Waals surface area contributed by atoms with Gasteiger partial charge in [0, 0.05) is 24.5 Å². The van der Waals surface area contributed by atoms with Gasteiger partial charge in [0.25, 0.3) is 5.91 Å². The maximum atomic E-state index is 13.1. The van der Waals surface area contributed by atoms with E-state index in [1.54, 1.807) is 13.3 Å². The summed E-state index contributed by atoms with van der Waals surface area (Å²) in [5, 5.41) is 2.98. The summed E-state index contributed by atoms with van der Waals surface area (Å²) in [6, 6.07) is 9.19. The number of amides is 2. The molecule has 2 aromatic rings. The lowest BCUT2D eigenvalue weighted by Crippen LogP contribution is -2.55. The van der Waals surface area contributed by atoms with Crippen LogP contribution in [0.1, 0.15) is 41.3 Å². The Labute approximate surface area is 176 Å². The molecular weight excluding hydrogens is 382 g/mol. The molecule has 0 unspecified atom stereocenters. The molecule has 1 aromatic heterocycles. The van der Waals surface area contributed by atoms with Gasteiger partial charge in [0.1, 0.15) is 12.4 Å². The van der Waals surface area contributed by atoms with Gasteiger partial charge in [-0.3, -0.25) is 14.6 Å². The molecule has 0 spiro atoms. The van der Waals surface area contributed by atoms with E-state index in [1.807, 2.05) is 49.1 Å². The molecule has 158 valence electrons. The molecule has 1 aromatic carbocycles. The molecule has 1 aliphatic heterocycles. The summed E-state index contributed by atoms with van der Waals surface area (Å²) in [6.45, 7) is 4.23. The molecule has 2 atom stereocenters. The largest absolute Gasteiger partial charge is 0.497 e. The number of ether oxygens (including phenoxy) is 2. The van der Waals surface area contributed by atoms with Crippen molar-refractivity contribution in [3.05, 3.63) is 58.9 Å². The zero-order valence-corrected chi connectivity index (χ0v) is 17.6. The van der Waals surface area contributed by atoms with E-state index in [0.717, 1.165) is 41.0 Å². The van der Waals surface area contributed by atoms with Crippen LogP contribution >= 0.6 is 0 Å². The van der Waals surface area contributed by atoms with E-state index < -0.39 is 12.1 Å². The van der Waals surface area contributed by atoms with Gasteiger partial charge in [-0.2, -0.15) is 0 Å². The highest BCUT2D eigenvalue weighted by molar-refractivity contribution is 5.86. The van der Waals surface area contributed by atoms with Crippen LogP contribution in [0.2, 0.25) is 0 Å².